The first kappa shape index (κ1) is 10.2. The Hall–Kier alpha value is 0.1000. The molecule has 1 atom stereocenters. The highest BCUT2D eigenvalue weighted by Gasteiger charge is 2.11. The lowest BCUT2D eigenvalue weighted by molar-refractivity contribution is 0.125. The first-order valence-electron chi connectivity index (χ1n) is 3.84. The summed E-state index contributed by atoms with van der Waals surface area (Å²) in [5.74, 6) is 0. The molecule has 0 aromatic carbocycles. The second-order valence-electron chi connectivity index (χ2n) is 2.70. The van der Waals surface area contributed by atoms with Crippen molar-refractivity contribution in [2.75, 3.05) is 0 Å². The maximum absolute atomic E-state index is 8.82. The van der Waals surface area contributed by atoms with Crippen LogP contribution in [0.4, 0.5) is 0 Å². The Morgan fingerprint density at radius 3 is 2.75 bits per heavy atom. The molecule has 0 amide bonds. The lowest BCUT2D eigenvalue weighted by atomic mass is 10.2. The number of hydroxylamine groups is 1. The Morgan fingerprint density at radius 2 is 2.42 bits per heavy atom. The molecule has 1 heterocycles. The molecule has 0 radical (unpaired) electrons. The summed E-state index contributed by atoms with van der Waals surface area (Å²) in [6.45, 7) is 4.09. The Labute approximate surface area is 84.7 Å². The van der Waals surface area contributed by atoms with Crippen molar-refractivity contribution < 1.29 is 5.21 Å². The normalized spacial score (nSPS) is 13.3. The van der Waals surface area contributed by atoms with Crippen molar-refractivity contribution in [2.45, 2.75) is 26.3 Å². The van der Waals surface area contributed by atoms with Crippen LogP contribution in [-0.2, 0) is 0 Å². The fraction of sp³-hybridized carbons (Fsp3) is 0.500. The molecule has 68 valence electrons. The van der Waals surface area contributed by atoms with E-state index in [0.717, 1.165) is 10.2 Å². The fourth-order valence-corrected chi connectivity index (χ4v) is 2.71. The number of nitrogens with one attached hydrogen (secondary N) is 1. The molecule has 4 heteroatoms. The summed E-state index contributed by atoms with van der Waals surface area (Å²) < 4.78 is 1.14. The summed E-state index contributed by atoms with van der Waals surface area (Å²) in [7, 11) is 0. The minimum absolute atomic E-state index is 0.0694. The Bertz CT molecular complexity index is 238. The number of thiophene rings is 1. The summed E-state index contributed by atoms with van der Waals surface area (Å²) in [4.78, 5) is 1.17. The molecule has 2 nitrogen and oxygen atoms in total. The third-order valence-corrected chi connectivity index (χ3v) is 4.03. The molecule has 0 spiro atoms. The van der Waals surface area contributed by atoms with E-state index in [2.05, 4.69) is 27.5 Å². The molecule has 1 aromatic heterocycles. The van der Waals surface area contributed by atoms with Gasteiger partial charge < -0.3 is 5.21 Å². The molecule has 0 saturated carbocycles. The summed E-state index contributed by atoms with van der Waals surface area (Å²) in [5.41, 5.74) is 3.52. The van der Waals surface area contributed by atoms with Crippen LogP contribution in [0.5, 0.6) is 0 Å². The van der Waals surface area contributed by atoms with Gasteiger partial charge in [-0.15, -0.1) is 11.3 Å². The molecule has 0 aliphatic carbocycles. The average molecular weight is 250 g/mol. The van der Waals surface area contributed by atoms with Crippen molar-refractivity contribution in [1.82, 2.24) is 5.48 Å². The van der Waals surface area contributed by atoms with Crippen molar-refractivity contribution in [3.63, 3.8) is 0 Å². The van der Waals surface area contributed by atoms with Crippen LogP contribution in [-0.4, -0.2) is 5.21 Å². The van der Waals surface area contributed by atoms with Crippen molar-refractivity contribution in [2.24, 2.45) is 0 Å². The third-order valence-electron chi connectivity index (χ3n) is 1.78. The van der Waals surface area contributed by atoms with Crippen LogP contribution in [0, 0.1) is 6.92 Å². The SMILES string of the molecule is CC[C@@H](NO)c1cc(C)c(Br)s1. The lowest BCUT2D eigenvalue weighted by Gasteiger charge is -2.08. The van der Waals surface area contributed by atoms with Gasteiger partial charge in [0.2, 0.25) is 0 Å². The van der Waals surface area contributed by atoms with Crippen LogP contribution >= 0.6 is 27.3 Å². The predicted octanol–water partition coefficient (Wildman–Crippen LogP) is 3.25. The molecule has 0 unspecified atom stereocenters. The minimum atomic E-state index is 0.0694. The molecule has 0 aliphatic heterocycles. The molecule has 2 N–H and O–H groups in total. The average Bonchev–Trinajstić information content (AvgIpc) is 2.35. The molecule has 12 heavy (non-hydrogen) atoms. The van der Waals surface area contributed by atoms with E-state index in [1.165, 1.54) is 10.4 Å². The number of aryl methyl sites for hydroxylation is 1. The molecule has 1 aromatic rings. The summed E-state index contributed by atoms with van der Waals surface area (Å²) in [6, 6.07) is 2.16. The van der Waals surface area contributed by atoms with Crippen LogP contribution < -0.4 is 5.48 Å². The highest BCUT2D eigenvalue weighted by molar-refractivity contribution is 9.11. The third kappa shape index (κ3) is 2.07. The smallest absolute Gasteiger partial charge is 0.0731 e. The second kappa shape index (κ2) is 4.37. The molecule has 0 saturated heterocycles. The first-order valence-corrected chi connectivity index (χ1v) is 5.45. The highest BCUT2D eigenvalue weighted by Crippen LogP contribution is 2.32. The summed E-state index contributed by atoms with van der Waals surface area (Å²) >= 11 is 5.12. The molecule has 0 aliphatic rings. The largest absolute Gasteiger partial charge is 0.316 e. The quantitative estimate of drug-likeness (QED) is 0.807. The zero-order valence-electron chi connectivity index (χ0n) is 7.10. The zero-order valence-corrected chi connectivity index (χ0v) is 9.50. The first-order chi connectivity index (χ1) is 5.69. The zero-order chi connectivity index (χ0) is 9.14. The van der Waals surface area contributed by atoms with E-state index < -0.39 is 0 Å². The van der Waals surface area contributed by atoms with Gasteiger partial charge in [0.15, 0.2) is 0 Å². The molecule has 0 fully saturated rings. The van der Waals surface area contributed by atoms with Crippen LogP contribution in [0.2, 0.25) is 0 Å². The maximum Gasteiger partial charge on any atom is 0.0731 e. The van der Waals surface area contributed by atoms with Gasteiger partial charge >= 0.3 is 0 Å². The van der Waals surface area contributed by atoms with E-state index in [1.54, 1.807) is 11.3 Å². The van der Waals surface area contributed by atoms with Crippen molar-refractivity contribution in [3.8, 4) is 0 Å². The van der Waals surface area contributed by atoms with Crippen molar-refractivity contribution >= 4 is 27.3 Å². The highest BCUT2D eigenvalue weighted by atomic mass is 79.9. The van der Waals surface area contributed by atoms with Gasteiger partial charge in [-0.3, -0.25) is 0 Å². The number of rotatable bonds is 3. The maximum atomic E-state index is 8.82. The van der Waals surface area contributed by atoms with Crippen LogP contribution in [0.1, 0.15) is 29.8 Å². The van der Waals surface area contributed by atoms with Crippen molar-refractivity contribution in [3.05, 3.63) is 20.3 Å². The van der Waals surface area contributed by atoms with Gasteiger partial charge in [-0.25, -0.2) is 0 Å². The number of hydrogen-bond donors (Lipinski definition) is 2. The van der Waals surface area contributed by atoms with Gasteiger partial charge in [0, 0.05) is 4.88 Å². The fourth-order valence-electron chi connectivity index (χ4n) is 1.01. The Kier molecular flexibility index (Phi) is 3.71. The standard InChI is InChI=1S/C8H12BrNOS/c1-3-6(10-11)7-4-5(2)8(9)12-7/h4,6,10-11H,3H2,1-2H3/t6-/m1/s1. The van der Waals surface area contributed by atoms with E-state index in [1.807, 2.05) is 13.8 Å². The molecule has 1 rings (SSSR count). The van der Waals surface area contributed by atoms with Gasteiger partial charge in [-0.05, 0) is 40.9 Å². The second-order valence-corrected chi connectivity index (χ2v) is 5.10. The van der Waals surface area contributed by atoms with E-state index in [9.17, 15) is 0 Å². The summed E-state index contributed by atoms with van der Waals surface area (Å²) in [6.07, 6.45) is 0.892. The van der Waals surface area contributed by atoms with Gasteiger partial charge in [0.25, 0.3) is 0 Å². The lowest BCUT2D eigenvalue weighted by Crippen LogP contribution is -2.14. The minimum Gasteiger partial charge on any atom is -0.316 e. The van der Waals surface area contributed by atoms with Crippen molar-refractivity contribution in [1.29, 1.82) is 0 Å². The van der Waals surface area contributed by atoms with Crippen LogP contribution in [0.3, 0.4) is 0 Å². The number of hydrogen-bond acceptors (Lipinski definition) is 3. The topological polar surface area (TPSA) is 32.3 Å². The predicted molar refractivity (Wildman–Crippen MR) is 54.7 cm³/mol. The van der Waals surface area contributed by atoms with Gasteiger partial charge in [0.05, 0.1) is 9.83 Å². The van der Waals surface area contributed by atoms with Crippen LogP contribution in [0.25, 0.3) is 0 Å². The molecule has 0 bridgehead atoms. The molecular formula is C8H12BrNOS. The van der Waals surface area contributed by atoms with E-state index in [4.69, 9.17) is 5.21 Å². The van der Waals surface area contributed by atoms with Gasteiger partial charge in [-0.1, -0.05) is 6.92 Å². The van der Waals surface area contributed by atoms with E-state index in [0.29, 0.717) is 0 Å². The Morgan fingerprint density at radius 1 is 1.75 bits per heavy atom. The van der Waals surface area contributed by atoms with Gasteiger partial charge in [-0.2, -0.15) is 5.48 Å². The monoisotopic (exact) mass is 249 g/mol. The number of halogens is 1. The van der Waals surface area contributed by atoms with E-state index in [-0.39, 0.29) is 6.04 Å². The Balaban J connectivity index is 2.86. The van der Waals surface area contributed by atoms with E-state index >= 15 is 0 Å². The molecular weight excluding hydrogens is 238 g/mol. The van der Waals surface area contributed by atoms with Gasteiger partial charge in [0.1, 0.15) is 0 Å². The summed E-state index contributed by atoms with van der Waals surface area (Å²) in [5, 5.41) is 8.82. The van der Waals surface area contributed by atoms with Crippen LogP contribution in [0.15, 0.2) is 9.85 Å².